The lowest BCUT2D eigenvalue weighted by atomic mass is 9.99. The molecule has 3 heterocycles. The zero-order valence-corrected chi connectivity index (χ0v) is 19.2. The molecule has 178 valence electrons. The smallest absolute Gasteiger partial charge is 0.257 e. The van der Waals surface area contributed by atoms with Crippen LogP contribution in [0.4, 0.5) is 0 Å². The van der Waals surface area contributed by atoms with Crippen molar-refractivity contribution in [1.82, 2.24) is 20.4 Å². The Morgan fingerprint density at radius 3 is 2.77 bits per heavy atom. The largest absolute Gasteiger partial charge is 0.334 e. The SMILES string of the molecule is Cc1noc(-c2cccc(CC(=O)CCc3ccc4c(c3)CN(C3CCC(=O)NC3=O)C4=O)c2)n1. The molecule has 5 rings (SSSR count). The first kappa shape index (κ1) is 22.6. The summed E-state index contributed by atoms with van der Waals surface area (Å²) >= 11 is 0. The summed E-state index contributed by atoms with van der Waals surface area (Å²) in [5, 5.41) is 6.11. The van der Waals surface area contributed by atoms with Crippen molar-refractivity contribution in [1.29, 1.82) is 0 Å². The highest BCUT2D eigenvalue weighted by Gasteiger charge is 2.39. The van der Waals surface area contributed by atoms with E-state index in [1.165, 1.54) is 4.90 Å². The van der Waals surface area contributed by atoms with Crippen LogP contribution in [-0.4, -0.2) is 44.6 Å². The Labute approximate surface area is 201 Å². The Morgan fingerprint density at radius 1 is 1.14 bits per heavy atom. The van der Waals surface area contributed by atoms with E-state index in [2.05, 4.69) is 15.5 Å². The standard InChI is InChI=1S/C26H24N4O5/c1-15-27-25(35-29-15)18-4-2-3-17(12-18)13-20(31)7-5-16-6-8-21-19(11-16)14-30(26(21)34)22-9-10-23(32)28-24(22)33/h2-4,6,8,11-12,22H,5,7,9-10,13-14H2,1H3,(H,28,32,33). The Morgan fingerprint density at radius 2 is 2.00 bits per heavy atom. The highest BCUT2D eigenvalue weighted by Crippen LogP contribution is 2.28. The molecular formula is C26H24N4O5. The van der Waals surface area contributed by atoms with E-state index in [1.54, 1.807) is 13.0 Å². The van der Waals surface area contributed by atoms with Gasteiger partial charge in [0.2, 0.25) is 11.8 Å². The molecule has 1 aromatic heterocycles. The van der Waals surface area contributed by atoms with Crippen molar-refractivity contribution >= 4 is 23.5 Å². The number of nitrogens with one attached hydrogen (secondary N) is 1. The van der Waals surface area contributed by atoms with Gasteiger partial charge in [-0.2, -0.15) is 4.98 Å². The molecule has 1 unspecified atom stereocenters. The maximum absolute atomic E-state index is 12.8. The molecule has 9 nitrogen and oxygen atoms in total. The predicted octanol–water partition coefficient (Wildman–Crippen LogP) is 2.55. The molecule has 1 fully saturated rings. The van der Waals surface area contributed by atoms with Gasteiger partial charge in [-0.25, -0.2) is 0 Å². The third kappa shape index (κ3) is 4.75. The summed E-state index contributed by atoms with van der Waals surface area (Å²) in [4.78, 5) is 54.9. The summed E-state index contributed by atoms with van der Waals surface area (Å²) in [6.45, 7) is 2.08. The predicted molar refractivity (Wildman–Crippen MR) is 124 cm³/mol. The summed E-state index contributed by atoms with van der Waals surface area (Å²) in [5.74, 6) is 0.151. The number of imide groups is 1. The summed E-state index contributed by atoms with van der Waals surface area (Å²) in [5.41, 5.74) is 4.03. The van der Waals surface area contributed by atoms with Crippen LogP contribution in [0.3, 0.4) is 0 Å². The highest BCUT2D eigenvalue weighted by atomic mass is 16.5. The average molecular weight is 473 g/mol. The fraction of sp³-hybridized carbons (Fsp3) is 0.308. The molecule has 3 aromatic rings. The second kappa shape index (κ2) is 9.25. The number of ketones is 1. The fourth-order valence-corrected chi connectivity index (χ4v) is 4.61. The van der Waals surface area contributed by atoms with Crippen molar-refractivity contribution in [2.75, 3.05) is 0 Å². The molecule has 1 atom stereocenters. The molecule has 0 bridgehead atoms. The van der Waals surface area contributed by atoms with Crippen LogP contribution in [0.25, 0.3) is 11.5 Å². The van der Waals surface area contributed by atoms with Gasteiger partial charge in [0.15, 0.2) is 5.82 Å². The number of hydrogen-bond donors (Lipinski definition) is 1. The Kier molecular flexibility index (Phi) is 5.98. The van der Waals surface area contributed by atoms with E-state index in [0.717, 1.165) is 22.3 Å². The van der Waals surface area contributed by atoms with Gasteiger partial charge in [0.05, 0.1) is 0 Å². The molecule has 1 saturated heterocycles. The van der Waals surface area contributed by atoms with Gasteiger partial charge in [0.25, 0.3) is 11.8 Å². The molecule has 3 amide bonds. The maximum Gasteiger partial charge on any atom is 0.257 e. The Bertz CT molecular complexity index is 1350. The van der Waals surface area contributed by atoms with Crippen LogP contribution < -0.4 is 5.32 Å². The van der Waals surface area contributed by atoms with E-state index in [-0.39, 0.29) is 24.0 Å². The van der Waals surface area contributed by atoms with Gasteiger partial charge in [-0.3, -0.25) is 24.5 Å². The number of hydrogen-bond acceptors (Lipinski definition) is 7. The highest BCUT2D eigenvalue weighted by molar-refractivity contribution is 6.05. The van der Waals surface area contributed by atoms with Crippen LogP contribution in [0.15, 0.2) is 47.0 Å². The van der Waals surface area contributed by atoms with Gasteiger partial charge in [0, 0.05) is 36.9 Å². The number of aromatic nitrogens is 2. The third-order valence-electron chi connectivity index (χ3n) is 6.38. The Hall–Kier alpha value is -4.14. The van der Waals surface area contributed by atoms with E-state index in [4.69, 9.17) is 4.52 Å². The number of Topliss-reactive ketones (excluding diaryl/α,β-unsaturated/α-hetero) is 1. The van der Waals surface area contributed by atoms with E-state index < -0.39 is 11.9 Å². The van der Waals surface area contributed by atoms with Gasteiger partial charge in [-0.15, -0.1) is 0 Å². The first-order chi connectivity index (χ1) is 16.9. The van der Waals surface area contributed by atoms with Crippen LogP contribution in [0.1, 0.15) is 52.1 Å². The van der Waals surface area contributed by atoms with Crippen LogP contribution in [0, 0.1) is 6.92 Å². The van der Waals surface area contributed by atoms with Crippen molar-refractivity contribution in [2.45, 2.75) is 51.6 Å². The van der Waals surface area contributed by atoms with Crippen molar-refractivity contribution < 1.29 is 23.7 Å². The minimum atomic E-state index is -0.635. The molecule has 9 heteroatoms. The normalized spacial score (nSPS) is 17.5. The fourth-order valence-electron chi connectivity index (χ4n) is 4.61. The van der Waals surface area contributed by atoms with Crippen molar-refractivity contribution in [3.8, 4) is 11.5 Å². The molecule has 35 heavy (non-hydrogen) atoms. The topological polar surface area (TPSA) is 122 Å². The van der Waals surface area contributed by atoms with E-state index in [9.17, 15) is 19.2 Å². The number of rotatable bonds is 7. The summed E-state index contributed by atoms with van der Waals surface area (Å²) < 4.78 is 5.21. The van der Waals surface area contributed by atoms with E-state index in [1.807, 2.05) is 36.4 Å². The van der Waals surface area contributed by atoms with Crippen molar-refractivity contribution in [3.05, 3.63) is 70.5 Å². The third-order valence-corrected chi connectivity index (χ3v) is 6.38. The van der Waals surface area contributed by atoms with Gasteiger partial charge in [-0.1, -0.05) is 29.4 Å². The number of piperidine rings is 1. The summed E-state index contributed by atoms with van der Waals surface area (Å²) in [6, 6.07) is 12.4. The lowest BCUT2D eigenvalue weighted by Crippen LogP contribution is -2.52. The minimum absolute atomic E-state index is 0.102. The first-order valence-corrected chi connectivity index (χ1v) is 11.5. The number of aryl methyl sites for hydroxylation is 2. The number of carbonyl (C=O) groups excluding carboxylic acids is 4. The van der Waals surface area contributed by atoms with Crippen molar-refractivity contribution in [3.63, 3.8) is 0 Å². The number of fused-ring (bicyclic) bond motifs is 1. The van der Waals surface area contributed by atoms with Crippen molar-refractivity contribution in [2.24, 2.45) is 0 Å². The zero-order valence-electron chi connectivity index (χ0n) is 19.2. The molecule has 1 N–H and O–H groups in total. The number of benzene rings is 2. The van der Waals surface area contributed by atoms with E-state index >= 15 is 0 Å². The summed E-state index contributed by atoms with van der Waals surface area (Å²) in [7, 11) is 0. The molecule has 0 saturated carbocycles. The van der Waals surface area contributed by atoms with Crippen LogP contribution >= 0.6 is 0 Å². The molecular weight excluding hydrogens is 448 g/mol. The van der Waals surface area contributed by atoms with Gasteiger partial charge in [-0.05, 0) is 54.7 Å². The average Bonchev–Trinajstić information content (AvgIpc) is 3.41. The van der Waals surface area contributed by atoms with Gasteiger partial charge >= 0.3 is 0 Å². The second-order valence-corrected chi connectivity index (χ2v) is 8.95. The van der Waals surface area contributed by atoms with Crippen LogP contribution in [0.2, 0.25) is 0 Å². The Balaban J connectivity index is 1.20. The number of nitrogens with zero attached hydrogens (tertiary/aromatic N) is 3. The minimum Gasteiger partial charge on any atom is -0.334 e. The van der Waals surface area contributed by atoms with Gasteiger partial charge < -0.3 is 9.42 Å². The second-order valence-electron chi connectivity index (χ2n) is 8.95. The maximum atomic E-state index is 12.8. The molecule has 0 spiro atoms. The van der Waals surface area contributed by atoms with Crippen LogP contribution in [-0.2, 0) is 33.8 Å². The molecule has 2 aliphatic heterocycles. The lowest BCUT2D eigenvalue weighted by Gasteiger charge is -2.29. The monoisotopic (exact) mass is 472 g/mol. The molecule has 2 aromatic carbocycles. The summed E-state index contributed by atoms with van der Waals surface area (Å²) in [6.07, 6.45) is 1.78. The quantitative estimate of drug-likeness (QED) is 0.524. The zero-order chi connectivity index (χ0) is 24.5. The first-order valence-electron chi connectivity index (χ1n) is 11.5. The van der Waals surface area contributed by atoms with Gasteiger partial charge in [0.1, 0.15) is 11.8 Å². The van der Waals surface area contributed by atoms with E-state index in [0.29, 0.717) is 49.5 Å². The molecule has 0 radical (unpaired) electrons. The molecule has 2 aliphatic rings. The number of amides is 3. The lowest BCUT2D eigenvalue weighted by molar-refractivity contribution is -0.137. The van der Waals surface area contributed by atoms with Crippen LogP contribution in [0.5, 0.6) is 0 Å². The molecule has 0 aliphatic carbocycles. The number of carbonyl (C=O) groups is 4.